The van der Waals surface area contributed by atoms with E-state index < -0.39 is 13.9 Å². The minimum atomic E-state index is -4.34. The van der Waals surface area contributed by atoms with Crippen LogP contribution in [0, 0.1) is 0 Å². The monoisotopic (exact) mass is 493 g/mol. The molecule has 0 spiro atoms. The van der Waals surface area contributed by atoms with E-state index in [1.165, 1.54) is 77.7 Å². The Morgan fingerprint density at radius 2 is 1.39 bits per heavy atom. The first kappa shape index (κ1) is 32.6. The number of methoxy groups -OCH3 is 1. The lowest BCUT2D eigenvalue weighted by molar-refractivity contribution is -0.870. The molecule has 7 nitrogen and oxygen atoms in total. The van der Waals surface area contributed by atoms with Gasteiger partial charge >= 0.3 is 0 Å². The number of quaternary nitrogens is 1. The maximum atomic E-state index is 11.8. The Hall–Kier alpha value is -0.430. The van der Waals surface area contributed by atoms with Gasteiger partial charge in [0.2, 0.25) is 0 Å². The van der Waals surface area contributed by atoms with Crippen molar-refractivity contribution in [1.29, 1.82) is 0 Å². The molecular weight excluding hydrogens is 441 g/mol. The highest BCUT2D eigenvalue weighted by molar-refractivity contribution is 7.45. The molecule has 33 heavy (non-hydrogen) atoms. The van der Waals surface area contributed by atoms with Gasteiger partial charge in [0.15, 0.2) is 0 Å². The second kappa shape index (κ2) is 20.9. The Labute approximate surface area is 204 Å². The summed E-state index contributed by atoms with van der Waals surface area (Å²) in [5, 5.41) is 0. The van der Waals surface area contributed by atoms with Gasteiger partial charge in [0.1, 0.15) is 25.9 Å². The van der Waals surface area contributed by atoms with Crippen LogP contribution in [0.15, 0.2) is 12.3 Å². The molecule has 2 atom stereocenters. The van der Waals surface area contributed by atoms with Crippen LogP contribution in [-0.2, 0) is 23.1 Å². The predicted molar refractivity (Wildman–Crippen MR) is 134 cm³/mol. The lowest BCUT2D eigenvalue weighted by Gasteiger charge is -2.28. The average molecular weight is 494 g/mol. The summed E-state index contributed by atoms with van der Waals surface area (Å²) in [6.45, 7) is 3.01. The van der Waals surface area contributed by atoms with Gasteiger partial charge in [-0.3, -0.25) is 4.57 Å². The molecule has 2 unspecified atom stereocenters. The first-order valence-corrected chi connectivity index (χ1v) is 14.4. The van der Waals surface area contributed by atoms with E-state index in [-0.39, 0.29) is 19.8 Å². The Morgan fingerprint density at radius 3 is 1.91 bits per heavy atom. The molecule has 8 heteroatoms. The summed E-state index contributed by atoms with van der Waals surface area (Å²) in [7, 11) is 3.05. The molecule has 0 radical (unpaired) electrons. The van der Waals surface area contributed by atoms with Crippen molar-refractivity contribution in [2.75, 3.05) is 54.6 Å². The summed E-state index contributed by atoms with van der Waals surface area (Å²) >= 11 is 0. The summed E-state index contributed by atoms with van der Waals surface area (Å²) in [6, 6.07) is 0. The van der Waals surface area contributed by atoms with Crippen molar-refractivity contribution < 1.29 is 32.5 Å². The number of hydrogen-bond acceptors (Lipinski definition) is 6. The highest BCUT2D eigenvalue weighted by Gasteiger charge is 2.16. The van der Waals surface area contributed by atoms with Gasteiger partial charge in [-0.05, 0) is 18.9 Å². The van der Waals surface area contributed by atoms with E-state index in [0.29, 0.717) is 11.0 Å². The quantitative estimate of drug-likeness (QED) is 0.0729. The number of unbranched alkanes of at least 4 members (excludes halogenated alkanes) is 12. The summed E-state index contributed by atoms with van der Waals surface area (Å²) in [5.41, 5.74) is 0. The molecule has 0 aliphatic rings. The molecule has 0 bridgehead atoms. The number of allylic oxidation sites excluding steroid dienone is 1. The van der Waals surface area contributed by atoms with Crippen molar-refractivity contribution in [2.45, 2.75) is 96.5 Å². The SMILES string of the molecule is CCCCCCCCCCCCCC/C=C\OCC(COP(=O)([O-])OCC[N+](C)(C)C)OC. The first-order chi connectivity index (χ1) is 15.7. The number of hydrogen-bond donors (Lipinski definition) is 0. The Morgan fingerprint density at radius 1 is 0.848 bits per heavy atom. The van der Waals surface area contributed by atoms with Crippen LogP contribution < -0.4 is 4.89 Å². The van der Waals surface area contributed by atoms with Crippen molar-refractivity contribution >= 4 is 7.82 Å². The number of phosphoric acid groups is 1. The number of rotatable bonds is 24. The second-order valence-electron chi connectivity index (χ2n) is 9.83. The fourth-order valence-corrected chi connectivity index (χ4v) is 3.95. The van der Waals surface area contributed by atoms with Gasteiger partial charge in [0, 0.05) is 7.11 Å². The summed E-state index contributed by atoms with van der Waals surface area (Å²) in [5.74, 6) is 0. The fourth-order valence-electron chi connectivity index (χ4n) is 3.22. The maximum absolute atomic E-state index is 11.8. The van der Waals surface area contributed by atoms with Gasteiger partial charge in [-0.25, -0.2) is 0 Å². The minimum absolute atomic E-state index is 0.0836. The van der Waals surface area contributed by atoms with Gasteiger partial charge in [-0.15, -0.1) is 0 Å². The van der Waals surface area contributed by atoms with E-state index >= 15 is 0 Å². The number of likely N-dealkylation sites (N-methyl/N-ethyl adjacent to an activating group) is 1. The van der Waals surface area contributed by atoms with Crippen LogP contribution in [0.3, 0.4) is 0 Å². The number of phosphoric ester groups is 1. The minimum Gasteiger partial charge on any atom is -0.756 e. The highest BCUT2D eigenvalue weighted by Crippen LogP contribution is 2.38. The molecule has 0 amide bonds. The second-order valence-corrected chi connectivity index (χ2v) is 11.2. The van der Waals surface area contributed by atoms with E-state index in [2.05, 4.69) is 6.92 Å². The average Bonchev–Trinajstić information content (AvgIpc) is 2.74. The number of nitrogens with zero attached hydrogens (tertiary/aromatic N) is 1. The van der Waals surface area contributed by atoms with E-state index in [0.717, 1.165) is 12.8 Å². The van der Waals surface area contributed by atoms with Gasteiger partial charge in [0.25, 0.3) is 7.82 Å². The van der Waals surface area contributed by atoms with Crippen molar-refractivity contribution in [3.05, 3.63) is 12.3 Å². The molecule has 0 aliphatic carbocycles. The smallest absolute Gasteiger partial charge is 0.268 e. The van der Waals surface area contributed by atoms with Gasteiger partial charge in [0.05, 0.1) is 34.0 Å². The molecule has 0 N–H and O–H groups in total. The molecule has 0 fully saturated rings. The molecule has 0 saturated carbocycles. The lowest BCUT2D eigenvalue weighted by Crippen LogP contribution is -2.37. The maximum Gasteiger partial charge on any atom is 0.268 e. The zero-order valence-electron chi connectivity index (χ0n) is 22.1. The predicted octanol–water partition coefficient (Wildman–Crippen LogP) is 5.83. The zero-order chi connectivity index (χ0) is 24.8. The summed E-state index contributed by atoms with van der Waals surface area (Å²) < 4.78 is 32.9. The van der Waals surface area contributed by atoms with Gasteiger partial charge in [-0.1, -0.05) is 77.6 Å². The highest BCUT2D eigenvalue weighted by atomic mass is 31.2. The van der Waals surface area contributed by atoms with Crippen molar-refractivity contribution in [1.82, 2.24) is 0 Å². The fraction of sp³-hybridized carbons (Fsp3) is 0.920. The third-order valence-corrected chi connectivity index (χ3v) is 6.43. The molecule has 0 aromatic carbocycles. The zero-order valence-corrected chi connectivity index (χ0v) is 23.0. The van der Waals surface area contributed by atoms with Crippen LogP contribution in [0.2, 0.25) is 0 Å². The van der Waals surface area contributed by atoms with Gasteiger partial charge < -0.3 is 27.9 Å². The molecule has 198 valence electrons. The molecule has 0 saturated heterocycles. The summed E-state index contributed by atoms with van der Waals surface area (Å²) in [4.78, 5) is 11.8. The van der Waals surface area contributed by atoms with Crippen LogP contribution in [0.1, 0.15) is 90.4 Å². The van der Waals surface area contributed by atoms with E-state index in [1.807, 2.05) is 27.2 Å². The van der Waals surface area contributed by atoms with Crippen LogP contribution in [0.4, 0.5) is 0 Å². The topological polar surface area (TPSA) is 77.1 Å². The Balaban J connectivity index is 3.64. The van der Waals surface area contributed by atoms with Crippen LogP contribution in [-0.4, -0.2) is 65.2 Å². The van der Waals surface area contributed by atoms with Crippen molar-refractivity contribution in [2.24, 2.45) is 0 Å². The first-order valence-electron chi connectivity index (χ1n) is 12.9. The number of ether oxygens (including phenoxy) is 2. The summed E-state index contributed by atoms with van der Waals surface area (Å²) in [6.07, 6.45) is 20.3. The third kappa shape index (κ3) is 24.5. The molecule has 0 aromatic heterocycles. The molecular formula is C25H52NO6P. The molecule has 0 rings (SSSR count). The van der Waals surface area contributed by atoms with Gasteiger partial charge in [-0.2, -0.15) is 0 Å². The van der Waals surface area contributed by atoms with Crippen LogP contribution in [0.25, 0.3) is 0 Å². The van der Waals surface area contributed by atoms with E-state index in [9.17, 15) is 9.46 Å². The third-order valence-electron chi connectivity index (χ3n) is 5.46. The normalized spacial score (nSPS) is 15.1. The van der Waals surface area contributed by atoms with Crippen molar-refractivity contribution in [3.63, 3.8) is 0 Å². The van der Waals surface area contributed by atoms with E-state index in [4.69, 9.17) is 18.5 Å². The Bertz CT molecular complexity index is 510. The lowest BCUT2D eigenvalue weighted by atomic mass is 10.0. The van der Waals surface area contributed by atoms with Crippen molar-refractivity contribution in [3.8, 4) is 0 Å². The Kier molecular flexibility index (Phi) is 20.6. The van der Waals surface area contributed by atoms with Crippen LogP contribution in [0.5, 0.6) is 0 Å². The molecule has 0 heterocycles. The molecule has 0 aliphatic heterocycles. The standard InChI is InChI=1S/C25H52NO6P/c1-6-7-8-9-10-11-12-13-14-15-16-17-18-19-21-30-23-25(29-5)24-32-33(27,28)31-22-20-26(2,3)4/h19,21,25H,6-18,20,22-24H2,1-5H3/b21-19-. The van der Waals surface area contributed by atoms with Crippen LogP contribution >= 0.6 is 7.82 Å². The largest absolute Gasteiger partial charge is 0.756 e. The van der Waals surface area contributed by atoms with E-state index in [1.54, 1.807) is 6.26 Å². The molecule has 0 aromatic rings.